The molecule has 2 heterocycles. The van der Waals surface area contributed by atoms with Crippen LogP contribution in [0.3, 0.4) is 0 Å². The number of hydrogen-bond donors (Lipinski definition) is 1. The van der Waals surface area contributed by atoms with E-state index in [2.05, 4.69) is 10.3 Å². The Bertz CT molecular complexity index is 606. The molecule has 1 aliphatic heterocycles. The summed E-state index contributed by atoms with van der Waals surface area (Å²) in [6.45, 7) is 0.00795. The van der Waals surface area contributed by atoms with Gasteiger partial charge in [-0.2, -0.15) is 0 Å². The van der Waals surface area contributed by atoms with Crippen LogP contribution in [-0.2, 0) is 9.84 Å². The zero-order valence-electron chi connectivity index (χ0n) is 9.90. The van der Waals surface area contributed by atoms with E-state index in [0.717, 1.165) is 12.3 Å². The van der Waals surface area contributed by atoms with Crippen LogP contribution in [0.2, 0.25) is 5.15 Å². The van der Waals surface area contributed by atoms with Crippen molar-refractivity contribution in [3.8, 4) is 0 Å². The third kappa shape index (κ3) is 3.22. The largest absolute Gasteiger partial charge is 0.351 e. The van der Waals surface area contributed by atoms with Crippen LogP contribution in [0.4, 0.5) is 4.39 Å². The minimum atomic E-state index is -3.12. The fourth-order valence-corrected chi connectivity index (χ4v) is 3.93. The summed E-state index contributed by atoms with van der Waals surface area (Å²) in [5.41, 5.74) is -0.0999. The van der Waals surface area contributed by atoms with Gasteiger partial charge in [0.15, 0.2) is 9.84 Å². The summed E-state index contributed by atoms with van der Waals surface area (Å²) in [4.78, 5) is 15.3. The molecule has 0 bridgehead atoms. The summed E-state index contributed by atoms with van der Waals surface area (Å²) in [5.74, 6) is -1.15. The molecule has 1 aromatic rings. The van der Waals surface area contributed by atoms with Crippen molar-refractivity contribution in [2.24, 2.45) is 0 Å². The van der Waals surface area contributed by atoms with Crippen molar-refractivity contribution in [3.63, 3.8) is 0 Å². The van der Waals surface area contributed by atoms with Crippen LogP contribution in [0.15, 0.2) is 12.3 Å². The normalized spacial score (nSPS) is 21.3. The van der Waals surface area contributed by atoms with Gasteiger partial charge in [0.1, 0.15) is 11.0 Å². The topological polar surface area (TPSA) is 76.1 Å². The van der Waals surface area contributed by atoms with Gasteiger partial charge in [0.05, 0.1) is 22.8 Å². The van der Waals surface area contributed by atoms with Gasteiger partial charge in [-0.1, -0.05) is 11.6 Å². The molecular formula is C11H12ClFN2O3S. The first-order valence-electron chi connectivity index (χ1n) is 5.71. The lowest BCUT2D eigenvalue weighted by Crippen LogP contribution is -2.34. The average Bonchev–Trinajstić information content (AvgIpc) is 2.68. The number of carbonyl (C=O) groups is 1. The van der Waals surface area contributed by atoms with Crippen LogP contribution in [0.25, 0.3) is 0 Å². The first-order chi connectivity index (χ1) is 8.90. The summed E-state index contributed by atoms with van der Waals surface area (Å²) in [5, 5.41) is 1.77. The molecule has 1 aliphatic rings. The lowest BCUT2D eigenvalue weighted by Gasteiger charge is -2.11. The maximum atomic E-state index is 13.0. The molecule has 5 nitrogen and oxygen atoms in total. The monoisotopic (exact) mass is 306 g/mol. The first kappa shape index (κ1) is 14.2. The van der Waals surface area contributed by atoms with Crippen LogP contribution in [0.5, 0.6) is 0 Å². The summed E-state index contributed by atoms with van der Waals surface area (Å²) < 4.78 is 36.1. The molecule has 1 aromatic heterocycles. The Labute approximate surface area is 115 Å². The maximum absolute atomic E-state index is 13.0. The van der Waals surface area contributed by atoms with Gasteiger partial charge < -0.3 is 5.32 Å². The zero-order valence-corrected chi connectivity index (χ0v) is 11.5. The number of amides is 1. The molecule has 2 rings (SSSR count). The van der Waals surface area contributed by atoms with E-state index >= 15 is 0 Å². The van der Waals surface area contributed by atoms with Crippen molar-refractivity contribution in [1.29, 1.82) is 0 Å². The van der Waals surface area contributed by atoms with Crippen molar-refractivity contribution >= 4 is 27.3 Å². The number of rotatable bonds is 3. The van der Waals surface area contributed by atoms with E-state index in [4.69, 9.17) is 11.6 Å². The van der Waals surface area contributed by atoms with E-state index in [1.165, 1.54) is 0 Å². The standard InChI is InChI=1S/C11H12ClFN2O3S/c12-10-9(4-7(13)5-14-10)11(16)15-6-8-2-1-3-19(8,17)18/h4-5,8H,1-3,6H2,(H,15,16). The van der Waals surface area contributed by atoms with Crippen molar-refractivity contribution in [2.45, 2.75) is 18.1 Å². The van der Waals surface area contributed by atoms with Crippen LogP contribution in [0, 0.1) is 5.82 Å². The summed E-state index contributed by atoms with van der Waals surface area (Å²) in [7, 11) is -3.12. The highest BCUT2D eigenvalue weighted by Gasteiger charge is 2.31. The van der Waals surface area contributed by atoms with E-state index in [-0.39, 0.29) is 23.0 Å². The number of nitrogens with one attached hydrogen (secondary N) is 1. The van der Waals surface area contributed by atoms with Crippen molar-refractivity contribution < 1.29 is 17.6 Å². The average molecular weight is 307 g/mol. The molecule has 1 N–H and O–H groups in total. The molecule has 1 saturated heterocycles. The third-order valence-corrected chi connectivity index (χ3v) is 5.58. The Morgan fingerprint density at radius 2 is 2.32 bits per heavy atom. The third-order valence-electron chi connectivity index (χ3n) is 3.00. The fraction of sp³-hybridized carbons (Fsp3) is 0.455. The molecule has 0 aliphatic carbocycles. The Balaban J connectivity index is 2.04. The van der Waals surface area contributed by atoms with Crippen LogP contribution in [-0.4, -0.2) is 36.9 Å². The van der Waals surface area contributed by atoms with Crippen LogP contribution < -0.4 is 5.32 Å². The molecule has 1 fully saturated rings. The van der Waals surface area contributed by atoms with E-state index in [1.807, 2.05) is 0 Å². The molecule has 1 unspecified atom stereocenters. The van der Waals surface area contributed by atoms with Gasteiger partial charge in [0, 0.05) is 6.54 Å². The molecule has 8 heteroatoms. The highest BCUT2D eigenvalue weighted by molar-refractivity contribution is 7.92. The quantitative estimate of drug-likeness (QED) is 0.851. The van der Waals surface area contributed by atoms with Gasteiger partial charge in [0.2, 0.25) is 0 Å². The van der Waals surface area contributed by atoms with E-state index in [9.17, 15) is 17.6 Å². The molecule has 104 valence electrons. The van der Waals surface area contributed by atoms with E-state index < -0.39 is 26.8 Å². The number of pyridine rings is 1. The summed E-state index contributed by atoms with van der Waals surface area (Å²) in [6, 6.07) is 0.966. The first-order valence-corrected chi connectivity index (χ1v) is 7.80. The summed E-state index contributed by atoms with van der Waals surface area (Å²) in [6.07, 6.45) is 2.03. The predicted molar refractivity (Wildman–Crippen MR) is 68.3 cm³/mol. The van der Waals surface area contributed by atoms with Crippen molar-refractivity contribution in [2.75, 3.05) is 12.3 Å². The minimum absolute atomic E-state index is 0.00795. The number of hydrogen-bond acceptors (Lipinski definition) is 4. The van der Waals surface area contributed by atoms with E-state index in [1.54, 1.807) is 0 Å². The lowest BCUT2D eigenvalue weighted by atomic mass is 10.2. The second-order valence-electron chi connectivity index (χ2n) is 4.33. The van der Waals surface area contributed by atoms with Gasteiger partial charge in [-0.25, -0.2) is 17.8 Å². The molecule has 1 amide bonds. The Morgan fingerprint density at radius 1 is 1.58 bits per heavy atom. The Morgan fingerprint density at radius 3 is 2.95 bits per heavy atom. The van der Waals surface area contributed by atoms with Crippen molar-refractivity contribution in [1.82, 2.24) is 10.3 Å². The highest BCUT2D eigenvalue weighted by Crippen LogP contribution is 2.19. The molecule has 0 radical (unpaired) electrons. The van der Waals surface area contributed by atoms with Crippen LogP contribution in [0.1, 0.15) is 23.2 Å². The van der Waals surface area contributed by atoms with Gasteiger partial charge in [-0.3, -0.25) is 4.79 Å². The Kier molecular flexibility index (Phi) is 4.05. The second kappa shape index (κ2) is 5.42. The predicted octanol–water partition coefficient (Wildman–Crippen LogP) is 1.18. The number of aromatic nitrogens is 1. The summed E-state index contributed by atoms with van der Waals surface area (Å²) >= 11 is 5.69. The van der Waals surface area contributed by atoms with Gasteiger partial charge in [0.25, 0.3) is 5.91 Å². The minimum Gasteiger partial charge on any atom is -0.351 e. The van der Waals surface area contributed by atoms with Gasteiger partial charge in [-0.15, -0.1) is 0 Å². The zero-order chi connectivity index (χ0) is 14.0. The fourth-order valence-electron chi connectivity index (χ4n) is 1.97. The second-order valence-corrected chi connectivity index (χ2v) is 7.09. The maximum Gasteiger partial charge on any atom is 0.254 e. The number of sulfone groups is 1. The molecule has 1 atom stereocenters. The molecule has 0 spiro atoms. The number of nitrogens with zero attached hydrogens (tertiary/aromatic N) is 1. The molecule has 0 saturated carbocycles. The molecule has 0 aromatic carbocycles. The van der Waals surface area contributed by atoms with Gasteiger partial charge >= 0.3 is 0 Å². The SMILES string of the molecule is O=C(NCC1CCCS1(=O)=O)c1cc(F)cnc1Cl. The van der Waals surface area contributed by atoms with Gasteiger partial charge in [-0.05, 0) is 18.9 Å². The highest BCUT2D eigenvalue weighted by atomic mass is 35.5. The van der Waals surface area contributed by atoms with Crippen LogP contribution >= 0.6 is 11.6 Å². The Hall–Kier alpha value is -1.21. The van der Waals surface area contributed by atoms with E-state index in [0.29, 0.717) is 12.8 Å². The number of carbonyl (C=O) groups excluding carboxylic acids is 1. The number of halogens is 2. The van der Waals surface area contributed by atoms with Crippen molar-refractivity contribution in [3.05, 3.63) is 28.8 Å². The lowest BCUT2D eigenvalue weighted by molar-refractivity contribution is 0.0953. The smallest absolute Gasteiger partial charge is 0.254 e. The molecule has 19 heavy (non-hydrogen) atoms. The molecular weight excluding hydrogens is 295 g/mol.